The summed E-state index contributed by atoms with van der Waals surface area (Å²) in [5, 5.41) is 0. The van der Waals surface area contributed by atoms with Gasteiger partial charge in [0.25, 0.3) is 11.7 Å². The molecule has 0 aromatic heterocycles. The zero-order valence-electron chi connectivity index (χ0n) is 12.6. The maximum absolute atomic E-state index is 12.9. The summed E-state index contributed by atoms with van der Waals surface area (Å²) in [7, 11) is 0. The van der Waals surface area contributed by atoms with E-state index in [1.165, 1.54) is 12.8 Å². The minimum absolute atomic E-state index is 0.0556. The first-order chi connectivity index (χ1) is 10.3. The van der Waals surface area contributed by atoms with Crippen LogP contribution in [0.15, 0.2) is 24.3 Å². The van der Waals surface area contributed by atoms with Gasteiger partial charge in [-0.1, -0.05) is 44.4 Å². The Morgan fingerprint density at radius 3 is 2.67 bits per heavy atom. The van der Waals surface area contributed by atoms with Gasteiger partial charge in [0.15, 0.2) is 0 Å². The van der Waals surface area contributed by atoms with E-state index in [2.05, 4.69) is 6.92 Å². The van der Waals surface area contributed by atoms with E-state index in [0.29, 0.717) is 13.2 Å². The Bertz CT molecular complexity index is 509. The molecule has 0 atom stereocenters. The molecule has 1 aromatic rings. The van der Waals surface area contributed by atoms with Crippen molar-refractivity contribution >= 4 is 11.6 Å². The fourth-order valence-corrected chi connectivity index (χ4v) is 3.12. The van der Waals surface area contributed by atoms with Crippen LogP contribution in [0.2, 0.25) is 0 Å². The van der Waals surface area contributed by atoms with Gasteiger partial charge in [0.05, 0.1) is 18.9 Å². The van der Waals surface area contributed by atoms with Crippen LogP contribution < -0.4 is 4.90 Å². The number of anilines is 1. The number of rotatable bonds is 5. The molecule has 0 saturated carbocycles. The number of carbonyl (C=O) groups is 1. The van der Waals surface area contributed by atoms with Crippen molar-refractivity contribution in [3.63, 3.8) is 0 Å². The molecule has 2 aliphatic heterocycles. The summed E-state index contributed by atoms with van der Waals surface area (Å²) in [4.78, 5) is 14.7. The van der Waals surface area contributed by atoms with Gasteiger partial charge < -0.3 is 14.4 Å². The smallest absolute Gasteiger partial charge is 0.292 e. The number of carbonyl (C=O) groups excluding carboxylic acids is 1. The Hall–Kier alpha value is -1.39. The van der Waals surface area contributed by atoms with Gasteiger partial charge in [-0.15, -0.1) is 0 Å². The average molecular weight is 289 g/mol. The third kappa shape index (κ3) is 2.47. The number of ether oxygens (including phenoxy) is 2. The first-order valence-corrected chi connectivity index (χ1v) is 7.99. The Kier molecular flexibility index (Phi) is 4.27. The van der Waals surface area contributed by atoms with Crippen LogP contribution in [-0.4, -0.2) is 25.7 Å². The molecule has 0 radical (unpaired) electrons. The molecular formula is C17H23NO3. The Labute approximate surface area is 126 Å². The van der Waals surface area contributed by atoms with Crippen LogP contribution >= 0.6 is 0 Å². The van der Waals surface area contributed by atoms with Gasteiger partial charge in [0.1, 0.15) is 0 Å². The van der Waals surface area contributed by atoms with Gasteiger partial charge in [0, 0.05) is 12.1 Å². The minimum atomic E-state index is -1.18. The number of hydrogen-bond acceptors (Lipinski definition) is 3. The van der Waals surface area contributed by atoms with Crippen molar-refractivity contribution in [1.29, 1.82) is 0 Å². The van der Waals surface area contributed by atoms with E-state index < -0.39 is 5.79 Å². The standard InChI is InChI=1S/C17H23NO3/c1-2-3-4-7-11-18-15-10-6-5-9-14(15)17(16(18)19)20-12-8-13-21-17/h5-6,9-10H,2-4,7-8,11-13H2,1H3. The molecule has 1 aromatic carbocycles. The van der Waals surface area contributed by atoms with Crippen molar-refractivity contribution in [3.8, 4) is 0 Å². The topological polar surface area (TPSA) is 38.8 Å². The number of para-hydroxylation sites is 1. The third-order valence-electron chi connectivity index (χ3n) is 4.21. The second-order valence-electron chi connectivity index (χ2n) is 5.70. The summed E-state index contributed by atoms with van der Waals surface area (Å²) < 4.78 is 11.6. The Morgan fingerprint density at radius 1 is 1.14 bits per heavy atom. The van der Waals surface area contributed by atoms with Crippen molar-refractivity contribution in [2.45, 2.75) is 44.8 Å². The van der Waals surface area contributed by atoms with Gasteiger partial charge in [-0.3, -0.25) is 4.79 Å². The first kappa shape index (κ1) is 14.5. The van der Waals surface area contributed by atoms with Crippen LogP contribution in [0.5, 0.6) is 0 Å². The fraction of sp³-hybridized carbons (Fsp3) is 0.588. The summed E-state index contributed by atoms with van der Waals surface area (Å²) in [5.41, 5.74) is 1.81. The molecule has 4 heteroatoms. The molecule has 21 heavy (non-hydrogen) atoms. The summed E-state index contributed by atoms with van der Waals surface area (Å²) in [6, 6.07) is 7.84. The second-order valence-corrected chi connectivity index (χ2v) is 5.70. The minimum Gasteiger partial charge on any atom is -0.338 e. The molecule has 0 bridgehead atoms. The number of benzene rings is 1. The molecule has 0 aliphatic carbocycles. The van der Waals surface area contributed by atoms with Crippen LogP contribution in [0, 0.1) is 0 Å². The first-order valence-electron chi connectivity index (χ1n) is 7.99. The highest BCUT2D eigenvalue weighted by molar-refractivity contribution is 6.06. The lowest BCUT2D eigenvalue weighted by molar-refractivity contribution is -0.256. The van der Waals surface area contributed by atoms with Gasteiger partial charge in [0.2, 0.25) is 0 Å². The SMILES string of the molecule is CCCCCCN1C(=O)C2(OCCCO2)c2ccccc21. The number of fused-ring (bicyclic) bond motifs is 2. The molecule has 0 unspecified atom stereocenters. The van der Waals surface area contributed by atoms with Gasteiger partial charge in [-0.05, 0) is 18.9 Å². The highest BCUT2D eigenvalue weighted by Gasteiger charge is 2.54. The highest BCUT2D eigenvalue weighted by Crippen LogP contribution is 2.45. The van der Waals surface area contributed by atoms with Crippen molar-refractivity contribution in [2.75, 3.05) is 24.7 Å². The molecule has 1 fully saturated rings. The van der Waals surface area contributed by atoms with E-state index in [4.69, 9.17) is 9.47 Å². The second kappa shape index (κ2) is 6.16. The predicted molar refractivity (Wildman–Crippen MR) is 81.1 cm³/mol. The fourth-order valence-electron chi connectivity index (χ4n) is 3.12. The van der Waals surface area contributed by atoms with E-state index in [1.807, 2.05) is 29.2 Å². The van der Waals surface area contributed by atoms with Gasteiger partial charge in [-0.2, -0.15) is 0 Å². The largest absolute Gasteiger partial charge is 0.338 e. The Morgan fingerprint density at radius 2 is 1.90 bits per heavy atom. The molecule has 4 nitrogen and oxygen atoms in total. The van der Waals surface area contributed by atoms with Gasteiger partial charge in [-0.25, -0.2) is 0 Å². The van der Waals surface area contributed by atoms with Crippen molar-refractivity contribution in [1.82, 2.24) is 0 Å². The monoisotopic (exact) mass is 289 g/mol. The molecule has 114 valence electrons. The zero-order chi connectivity index (χ0) is 14.7. The molecule has 1 spiro atoms. The summed E-state index contributed by atoms with van der Waals surface area (Å²) in [5.74, 6) is -1.24. The van der Waals surface area contributed by atoms with Crippen LogP contribution in [0.4, 0.5) is 5.69 Å². The van der Waals surface area contributed by atoms with E-state index >= 15 is 0 Å². The quantitative estimate of drug-likeness (QED) is 0.781. The Balaban J connectivity index is 1.84. The van der Waals surface area contributed by atoms with Crippen molar-refractivity contribution < 1.29 is 14.3 Å². The predicted octanol–water partition coefficient (Wildman–Crippen LogP) is 3.20. The van der Waals surface area contributed by atoms with Crippen molar-refractivity contribution in [2.24, 2.45) is 0 Å². The molecule has 3 rings (SSSR count). The number of hydrogen-bond donors (Lipinski definition) is 0. The molecular weight excluding hydrogens is 266 g/mol. The normalized spacial score (nSPS) is 20.0. The lowest BCUT2D eigenvalue weighted by atomic mass is 10.1. The third-order valence-corrected chi connectivity index (χ3v) is 4.21. The lowest BCUT2D eigenvalue weighted by Gasteiger charge is -2.32. The molecule has 2 aliphatic rings. The summed E-state index contributed by atoms with van der Waals surface area (Å²) in [6.45, 7) is 4.08. The highest BCUT2D eigenvalue weighted by atomic mass is 16.7. The van der Waals surface area contributed by atoms with Gasteiger partial charge >= 0.3 is 0 Å². The zero-order valence-corrected chi connectivity index (χ0v) is 12.6. The maximum Gasteiger partial charge on any atom is 0.292 e. The number of unbranched alkanes of at least 4 members (excludes halogenated alkanes) is 3. The summed E-state index contributed by atoms with van der Waals surface area (Å²) in [6.07, 6.45) is 5.41. The van der Waals surface area contributed by atoms with E-state index in [9.17, 15) is 4.79 Å². The molecule has 0 N–H and O–H groups in total. The van der Waals surface area contributed by atoms with Crippen LogP contribution in [0.3, 0.4) is 0 Å². The number of amides is 1. The van der Waals surface area contributed by atoms with Crippen LogP contribution in [0.1, 0.15) is 44.6 Å². The molecule has 1 amide bonds. The average Bonchev–Trinajstić information content (AvgIpc) is 2.75. The lowest BCUT2D eigenvalue weighted by Crippen LogP contribution is -2.47. The van der Waals surface area contributed by atoms with E-state index in [-0.39, 0.29) is 5.91 Å². The molecule has 2 heterocycles. The number of nitrogens with zero attached hydrogens (tertiary/aromatic N) is 1. The maximum atomic E-state index is 12.9. The van der Waals surface area contributed by atoms with Crippen LogP contribution in [-0.2, 0) is 20.1 Å². The van der Waals surface area contributed by atoms with Crippen molar-refractivity contribution in [3.05, 3.63) is 29.8 Å². The van der Waals surface area contributed by atoms with E-state index in [1.54, 1.807) is 0 Å². The van der Waals surface area contributed by atoms with Crippen LogP contribution in [0.25, 0.3) is 0 Å². The summed E-state index contributed by atoms with van der Waals surface area (Å²) >= 11 is 0. The van der Waals surface area contributed by atoms with E-state index in [0.717, 1.165) is 37.1 Å². The molecule has 1 saturated heterocycles.